The molecule has 2 aromatic heterocycles. The van der Waals surface area contributed by atoms with Crippen LogP contribution in [0.2, 0.25) is 0 Å². The third-order valence-corrected chi connectivity index (χ3v) is 4.54. The van der Waals surface area contributed by atoms with E-state index in [1.165, 1.54) is 0 Å². The van der Waals surface area contributed by atoms with Crippen LogP contribution in [0, 0.1) is 13.8 Å². The van der Waals surface area contributed by atoms with E-state index in [1.54, 1.807) is 0 Å². The molecule has 1 unspecified atom stereocenters. The van der Waals surface area contributed by atoms with Crippen molar-refractivity contribution in [3.8, 4) is 11.3 Å². The van der Waals surface area contributed by atoms with E-state index in [2.05, 4.69) is 20.4 Å². The Balaban J connectivity index is 1.62. The first-order valence-electron chi connectivity index (χ1n) is 8.90. The molecule has 3 aromatic rings. The van der Waals surface area contributed by atoms with Crippen LogP contribution in [0.25, 0.3) is 11.3 Å². The van der Waals surface area contributed by atoms with E-state index in [9.17, 15) is 4.79 Å². The molecule has 0 saturated carbocycles. The first kappa shape index (κ1) is 17.9. The number of imidazole rings is 1. The van der Waals surface area contributed by atoms with Crippen molar-refractivity contribution in [2.45, 2.75) is 46.1 Å². The monoisotopic (exact) mass is 352 g/mol. The van der Waals surface area contributed by atoms with Gasteiger partial charge in [-0.05, 0) is 32.3 Å². The summed E-state index contributed by atoms with van der Waals surface area (Å²) in [7, 11) is 0. The van der Waals surface area contributed by atoms with Crippen molar-refractivity contribution >= 4 is 5.91 Å². The Morgan fingerprint density at radius 3 is 2.69 bits per heavy atom. The lowest BCUT2D eigenvalue weighted by molar-refractivity contribution is -0.121. The lowest BCUT2D eigenvalue weighted by Gasteiger charge is -2.14. The smallest absolute Gasteiger partial charge is 0.220 e. The summed E-state index contributed by atoms with van der Waals surface area (Å²) < 4.78 is 5.15. The maximum atomic E-state index is 12.4. The molecule has 0 fully saturated rings. The van der Waals surface area contributed by atoms with Crippen molar-refractivity contribution in [2.24, 2.45) is 0 Å². The topological polar surface area (TPSA) is 83.8 Å². The Hall–Kier alpha value is -2.89. The van der Waals surface area contributed by atoms with Gasteiger partial charge < -0.3 is 14.8 Å². The van der Waals surface area contributed by atoms with Crippen LogP contribution in [-0.2, 0) is 11.2 Å². The minimum absolute atomic E-state index is 0.00508. The number of amides is 1. The molecule has 0 radical (unpaired) electrons. The molecule has 0 aliphatic heterocycles. The van der Waals surface area contributed by atoms with Gasteiger partial charge in [-0.25, -0.2) is 4.98 Å². The molecule has 6 nitrogen and oxygen atoms in total. The van der Waals surface area contributed by atoms with Crippen LogP contribution in [0.3, 0.4) is 0 Å². The van der Waals surface area contributed by atoms with E-state index in [0.717, 1.165) is 40.5 Å². The van der Waals surface area contributed by atoms with Crippen LogP contribution in [0.15, 0.2) is 41.1 Å². The van der Waals surface area contributed by atoms with Crippen molar-refractivity contribution in [2.75, 3.05) is 0 Å². The second-order valence-electron chi connectivity index (χ2n) is 6.38. The second-order valence-corrected chi connectivity index (χ2v) is 6.38. The first-order valence-corrected chi connectivity index (χ1v) is 8.90. The van der Waals surface area contributed by atoms with Gasteiger partial charge in [-0.1, -0.05) is 42.4 Å². The summed E-state index contributed by atoms with van der Waals surface area (Å²) in [4.78, 5) is 20.2. The number of carbonyl (C=O) groups is 1. The highest BCUT2D eigenvalue weighted by atomic mass is 16.5. The first-order chi connectivity index (χ1) is 12.6. The highest BCUT2D eigenvalue weighted by molar-refractivity contribution is 5.76. The summed E-state index contributed by atoms with van der Waals surface area (Å²) in [5, 5.41) is 6.99. The summed E-state index contributed by atoms with van der Waals surface area (Å²) >= 11 is 0. The number of aryl methyl sites for hydroxylation is 2. The SMILES string of the molecule is CCC(NC(=O)CCc1c(C)noc1C)c1ncc(-c2ccccc2)[nH]1. The quantitative estimate of drug-likeness (QED) is 0.676. The molecule has 0 bridgehead atoms. The molecule has 0 saturated heterocycles. The normalized spacial score (nSPS) is 12.1. The van der Waals surface area contributed by atoms with Crippen LogP contribution in [0.1, 0.15) is 48.6 Å². The third kappa shape index (κ3) is 4.02. The van der Waals surface area contributed by atoms with Crippen molar-refractivity contribution in [3.05, 3.63) is 59.4 Å². The van der Waals surface area contributed by atoms with Gasteiger partial charge in [-0.15, -0.1) is 0 Å². The fourth-order valence-electron chi connectivity index (χ4n) is 3.01. The van der Waals surface area contributed by atoms with Gasteiger partial charge >= 0.3 is 0 Å². The molecule has 136 valence electrons. The molecule has 26 heavy (non-hydrogen) atoms. The molecule has 1 aromatic carbocycles. The zero-order valence-corrected chi connectivity index (χ0v) is 15.4. The molecule has 0 aliphatic rings. The van der Waals surface area contributed by atoms with Crippen molar-refractivity contribution in [1.82, 2.24) is 20.4 Å². The Morgan fingerprint density at radius 1 is 1.27 bits per heavy atom. The van der Waals surface area contributed by atoms with E-state index >= 15 is 0 Å². The number of hydrogen-bond donors (Lipinski definition) is 2. The molecular weight excluding hydrogens is 328 g/mol. The third-order valence-electron chi connectivity index (χ3n) is 4.54. The van der Waals surface area contributed by atoms with Gasteiger partial charge in [0.15, 0.2) is 0 Å². The minimum Gasteiger partial charge on any atom is -0.361 e. The number of hydrogen-bond acceptors (Lipinski definition) is 4. The van der Waals surface area contributed by atoms with Gasteiger partial charge in [0.2, 0.25) is 5.91 Å². The van der Waals surface area contributed by atoms with E-state index in [4.69, 9.17) is 4.52 Å². The van der Waals surface area contributed by atoms with Crippen molar-refractivity contribution < 1.29 is 9.32 Å². The van der Waals surface area contributed by atoms with E-state index < -0.39 is 0 Å². The van der Waals surface area contributed by atoms with E-state index in [1.807, 2.05) is 57.3 Å². The maximum Gasteiger partial charge on any atom is 0.220 e. The van der Waals surface area contributed by atoms with Gasteiger partial charge in [-0.3, -0.25) is 4.79 Å². The second kappa shape index (κ2) is 7.99. The van der Waals surface area contributed by atoms with Gasteiger partial charge in [0.05, 0.1) is 23.6 Å². The zero-order chi connectivity index (χ0) is 18.5. The Labute approximate surface area is 153 Å². The average Bonchev–Trinajstić information content (AvgIpc) is 3.26. The predicted octanol–water partition coefficient (Wildman–Crippen LogP) is 3.88. The van der Waals surface area contributed by atoms with E-state index in [0.29, 0.717) is 12.8 Å². The number of nitrogens with one attached hydrogen (secondary N) is 2. The van der Waals surface area contributed by atoms with Gasteiger partial charge in [0, 0.05) is 12.0 Å². The van der Waals surface area contributed by atoms with Crippen LogP contribution in [0.4, 0.5) is 0 Å². The van der Waals surface area contributed by atoms with Crippen LogP contribution in [-0.4, -0.2) is 21.0 Å². The molecule has 0 spiro atoms. The number of nitrogens with zero attached hydrogens (tertiary/aromatic N) is 2. The molecule has 1 atom stereocenters. The summed E-state index contributed by atoms with van der Waals surface area (Å²) in [6.45, 7) is 5.80. The summed E-state index contributed by atoms with van der Waals surface area (Å²) in [6.07, 6.45) is 3.59. The van der Waals surface area contributed by atoms with Crippen molar-refractivity contribution in [1.29, 1.82) is 0 Å². The van der Waals surface area contributed by atoms with Crippen molar-refractivity contribution in [3.63, 3.8) is 0 Å². The Kier molecular flexibility index (Phi) is 5.51. The van der Waals surface area contributed by atoms with Crippen LogP contribution < -0.4 is 5.32 Å². The number of rotatable bonds is 7. The fourth-order valence-corrected chi connectivity index (χ4v) is 3.01. The van der Waals surface area contributed by atoms with E-state index in [-0.39, 0.29) is 11.9 Å². The summed E-state index contributed by atoms with van der Waals surface area (Å²) in [5.41, 5.74) is 3.88. The lowest BCUT2D eigenvalue weighted by Crippen LogP contribution is -2.29. The van der Waals surface area contributed by atoms with Gasteiger partial charge in [0.1, 0.15) is 11.6 Å². The Bertz CT molecular complexity index is 848. The number of benzene rings is 1. The molecular formula is C20H24N4O2. The maximum absolute atomic E-state index is 12.4. The highest BCUT2D eigenvalue weighted by Gasteiger charge is 2.17. The van der Waals surface area contributed by atoms with Crippen LogP contribution >= 0.6 is 0 Å². The molecule has 3 rings (SSSR count). The number of aromatic nitrogens is 3. The lowest BCUT2D eigenvalue weighted by atomic mass is 10.1. The molecule has 6 heteroatoms. The number of aromatic amines is 1. The fraction of sp³-hybridized carbons (Fsp3) is 0.350. The summed E-state index contributed by atoms with van der Waals surface area (Å²) in [6, 6.07) is 9.88. The van der Waals surface area contributed by atoms with Gasteiger partial charge in [0.25, 0.3) is 0 Å². The molecule has 0 aliphatic carbocycles. The minimum atomic E-state index is -0.135. The van der Waals surface area contributed by atoms with Crippen LogP contribution in [0.5, 0.6) is 0 Å². The standard InChI is InChI=1S/C20H24N4O2/c1-4-17(20-21-12-18(23-20)15-8-6-5-7-9-15)22-19(25)11-10-16-13(2)24-26-14(16)3/h5-9,12,17H,4,10-11H2,1-3H3,(H,21,23)(H,22,25). The largest absolute Gasteiger partial charge is 0.361 e. The average molecular weight is 352 g/mol. The summed E-state index contributed by atoms with van der Waals surface area (Å²) in [5.74, 6) is 1.55. The Morgan fingerprint density at radius 2 is 2.04 bits per heavy atom. The molecule has 2 N–H and O–H groups in total. The zero-order valence-electron chi connectivity index (χ0n) is 15.4. The molecule has 1 amide bonds. The highest BCUT2D eigenvalue weighted by Crippen LogP contribution is 2.21. The van der Waals surface area contributed by atoms with Gasteiger partial charge in [-0.2, -0.15) is 0 Å². The number of carbonyl (C=O) groups excluding carboxylic acids is 1. The predicted molar refractivity (Wildman–Crippen MR) is 99.5 cm³/mol. The number of H-pyrrole nitrogens is 1. The molecule has 2 heterocycles.